The highest BCUT2D eigenvalue weighted by Crippen LogP contribution is 2.18. The average Bonchev–Trinajstić information content (AvgIpc) is 2.55. The first kappa shape index (κ1) is 14.3. The molecule has 3 aromatic rings. The molecular formula is C19H18N2O. The van der Waals surface area contributed by atoms with Crippen LogP contribution in [0.5, 0.6) is 0 Å². The largest absolute Gasteiger partial charge is 0.324 e. The topological polar surface area (TPSA) is 55.1 Å². The molecule has 0 radical (unpaired) electrons. The van der Waals surface area contributed by atoms with E-state index in [4.69, 9.17) is 5.73 Å². The van der Waals surface area contributed by atoms with E-state index >= 15 is 0 Å². The number of carbonyl (C=O) groups excluding carboxylic acids is 1. The van der Waals surface area contributed by atoms with Crippen molar-refractivity contribution in [3.05, 3.63) is 77.9 Å². The minimum absolute atomic E-state index is 0.00904. The summed E-state index contributed by atoms with van der Waals surface area (Å²) in [4.78, 5) is 12.3. The summed E-state index contributed by atoms with van der Waals surface area (Å²) >= 11 is 0. The maximum atomic E-state index is 12.3. The number of hydrogen-bond acceptors (Lipinski definition) is 2. The lowest BCUT2D eigenvalue weighted by atomic mass is 10.1. The Morgan fingerprint density at radius 3 is 2.32 bits per heavy atom. The van der Waals surface area contributed by atoms with E-state index in [0.29, 0.717) is 5.56 Å². The molecular weight excluding hydrogens is 272 g/mol. The van der Waals surface area contributed by atoms with Crippen LogP contribution in [0.25, 0.3) is 10.8 Å². The zero-order valence-electron chi connectivity index (χ0n) is 12.4. The third-order valence-corrected chi connectivity index (χ3v) is 3.71. The molecule has 1 atom stereocenters. The van der Waals surface area contributed by atoms with Gasteiger partial charge in [-0.1, -0.05) is 42.5 Å². The standard InChI is InChI=1S/C19H18N2O/c1-13(20)14-8-10-18(11-9-14)21-19(22)17-7-6-15-4-2-3-5-16(15)12-17/h2-13H,20H2,1H3,(H,21,22). The molecule has 1 unspecified atom stereocenters. The summed E-state index contributed by atoms with van der Waals surface area (Å²) in [6.45, 7) is 1.93. The maximum Gasteiger partial charge on any atom is 0.255 e. The third kappa shape index (κ3) is 3.00. The summed E-state index contributed by atoms with van der Waals surface area (Å²) < 4.78 is 0. The molecule has 1 amide bonds. The molecule has 0 saturated heterocycles. The van der Waals surface area contributed by atoms with E-state index in [0.717, 1.165) is 22.0 Å². The van der Waals surface area contributed by atoms with Crippen molar-refractivity contribution in [1.82, 2.24) is 0 Å². The lowest BCUT2D eigenvalue weighted by molar-refractivity contribution is 0.102. The van der Waals surface area contributed by atoms with E-state index in [2.05, 4.69) is 5.32 Å². The molecule has 3 heteroatoms. The van der Waals surface area contributed by atoms with Crippen molar-refractivity contribution in [2.24, 2.45) is 5.73 Å². The van der Waals surface area contributed by atoms with Gasteiger partial charge in [-0.2, -0.15) is 0 Å². The Kier molecular flexibility index (Phi) is 3.90. The SMILES string of the molecule is CC(N)c1ccc(NC(=O)c2ccc3ccccc3c2)cc1. The minimum atomic E-state index is -0.112. The van der Waals surface area contributed by atoms with Gasteiger partial charge < -0.3 is 11.1 Å². The van der Waals surface area contributed by atoms with E-state index in [9.17, 15) is 4.79 Å². The molecule has 0 heterocycles. The Morgan fingerprint density at radius 1 is 0.955 bits per heavy atom. The fourth-order valence-electron chi connectivity index (χ4n) is 2.40. The molecule has 0 spiro atoms. The number of amides is 1. The van der Waals surface area contributed by atoms with Gasteiger partial charge in [0.15, 0.2) is 0 Å². The normalized spacial score (nSPS) is 12.1. The van der Waals surface area contributed by atoms with Crippen LogP contribution in [0, 0.1) is 0 Å². The van der Waals surface area contributed by atoms with Gasteiger partial charge in [-0.05, 0) is 47.5 Å². The zero-order valence-corrected chi connectivity index (χ0v) is 12.4. The second-order valence-corrected chi connectivity index (χ2v) is 5.43. The van der Waals surface area contributed by atoms with Crippen LogP contribution in [0.3, 0.4) is 0 Å². The van der Waals surface area contributed by atoms with Crippen LogP contribution >= 0.6 is 0 Å². The number of anilines is 1. The molecule has 22 heavy (non-hydrogen) atoms. The highest BCUT2D eigenvalue weighted by atomic mass is 16.1. The lowest BCUT2D eigenvalue weighted by Gasteiger charge is -2.09. The summed E-state index contributed by atoms with van der Waals surface area (Å²) in [6, 6.07) is 21.3. The number of rotatable bonds is 3. The Labute approximate surface area is 129 Å². The van der Waals surface area contributed by atoms with E-state index < -0.39 is 0 Å². The molecule has 3 rings (SSSR count). The van der Waals surface area contributed by atoms with Crippen LogP contribution in [0.2, 0.25) is 0 Å². The fraction of sp³-hybridized carbons (Fsp3) is 0.105. The summed E-state index contributed by atoms with van der Waals surface area (Å²) in [7, 11) is 0. The molecule has 0 aliphatic rings. The van der Waals surface area contributed by atoms with Gasteiger partial charge in [-0.25, -0.2) is 0 Å². The van der Waals surface area contributed by atoms with Gasteiger partial charge in [0.1, 0.15) is 0 Å². The van der Waals surface area contributed by atoms with Gasteiger partial charge in [0.2, 0.25) is 0 Å². The Bertz CT molecular complexity index is 807. The third-order valence-electron chi connectivity index (χ3n) is 3.71. The van der Waals surface area contributed by atoms with Crippen LogP contribution in [-0.4, -0.2) is 5.91 Å². The summed E-state index contributed by atoms with van der Waals surface area (Å²) in [5.41, 5.74) is 8.28. The first-order valence-electron chi connectivity index (χ1n) is 7.29. The Balaban J connectivity index is 1.80. The number of nitrogens with one attached hydrogen (secondary N) is 1. The van der Waals surface area contributed by atoms with Crippen LogP contribution in [0.1, 0.15) is 28.9 Å². The van der Waals surface area contributed by atoms with Gasteiger partial charge in [-0.15, -0.1) is 0 Å². The van der Waals surface area contributed by atoms with Gasteiger partial charge in [-0.3, -0.25) is 4.79 Å². The lowest BCUT2D eigenvalue weighted by Crippen LogP contribution is -2.12. The van der Waals surface area contributed by atoms with Crippen molar-refractivity contribution in [1.29, 1.82) is 0 Å². The van der Waals surface area contributed by atoms with Crippen molar-refractivity contribution in [3.63, 3.8) is 0 Å². The minimum Gasteiger partial charge on any atom is -0.324 e. The molecule has 0 saturated carbocycles. The molecule has 0 aliphatic carbocycles. The molecule has 3 nitrogen and oxygen atoms in total. The quantitative estimate of drug-likeness (QED) is 0.762. The smallest absolute Gasteiger partial charge is 0.255 e. The first-order chi connectivity index (χ1) is 10.6. The van der Waals surface area contributed by atoms with Crippen molar-refractivity contribution in [2.75, 3.05) is 5.32 Å². The van der Waals surface area contributed by atoms with E-state index in [1.807, 2.05) is 73.7 Å². The van der Waals surface area contributed by atoms with E-state index in [1.165, 1.54) is 0 Å². The second-order valence-electron chi connectivity index (χ2n) is 5.43. The Hall–Kier alpha value is -2.65. The van der Waals surface area contributed by atoms with Crippen molar-refractivity contribution in [3.8, 4) is 0 Å². The van der Waals surface area contributed by atoms with Crippen molar-refractivity contribution < 1.29 is 4.79 Å². The summed E-state index contributed by atoms with van der Waals surface area (Å²) in [5, 5.41) is 5.09. The Morgan fingerprint density at radius 2 is 1.64 bits per heavy atom. The fourth-order valence-corrected chi connectivity index (χ4v) is 2.40. The van der Waals surface area contributed by atoms with Gasteiger partial charge in [0.05, 0.1) is 0 Å². The molecule has 110 valence electrons. The zero-order chi connectivity index (χ0) is 15.5. The van der Waals surface area contributed by atoms with Crippen LogP contribution in [-0.2, 0) is 0 Å². The average molecular weight is 290 g/mol. The molecule has 3 aromatic carbocycles. The summed E-state index contributed by atoms with van der Waals surface area (Å²) in [5.74, 6) is -0.112. The van der Waals surface area contributed by atoms with Crippen molar-refractivity contribution >= 4 is 22.4 Å². The highest BCUT2D eigenvalue weighted by Gasteiger charge is 2.07. The molecule has 0 aliphatic heterocycles. The summed E-state index contributed by atoms with van der Waals surface area (Å²) in [6.07, 6.45) is 0. The van der Waals surface area contributed by atoms with Gasteiger partial charge in [0, 0.05) is 17.3 Å². The second kappa shape index (κ2) is 6.00. The predicted octanol–water partition coefficient (Wildman–Crippen LogP) is 4.11. The van der Waals surface area contributed by atoms with Crippen LogP contribution in [0.15, 0.2) is 66.7 Å². The predicted molar refractivity (Wildman–Crippen MR) is 90.9 cm³/mol. The van der Waals surface area contributed by atoms with Gasteiger partial charge >= 0.3 is 0 Å². The number of benzene rings is 3. The molecule has 0 aromatic heterocycles. The van der Waals surface area contributed by atoms with Gasteiger partial charge in [0.25, 0.3) is 5.91 Å². The van der Waals surface area contributed by atoms with Crippen LogP contribution < -0.4 is 11.1 Å². The van der Waals surface area contributed by atoms with Crippen molar-refractivity contribution in [2.45, 2.75) is 13.0 Å². The number of hydrogen-bond donors (Lipinski definition) is 2. The van der Waals surface area contributed by atoms with E-state index in [1.54, 1.807) is 0 Å². The van der Waals surface area contributed by atoms with E-state index in [-0.39, 0.29) is 11.9 Å². The monoisotopic (exact) mass is 290 g/mol. The number of carbonyl (C=O) groups is 1. The molecule has 3 N–H and O–H groups in total. The first-order valence-corrected chi connectivity index (χ1v) is 7.29. The maximum absolute atomic E-state index is 12.3. The molecule has 0 fully saturated rings. The van der Waals surface area contributed by atoms with Crippen LogP contribution in [0.4, 0.5) is 5.69 Å². The highest BCUT2D eigenvalue weighted by molar-refractivity contribution is 6.06. The molecule has 0 bridgehead atoms. The number of fused-ring (bicyclic) bond motifs is 1. The number of nitrogens with two attached hydrogens (primary N) is 1.